The van der Waals surface area contributed by atoms with Crippen molar-refractivity contribution in [3.8, 4) is 0 Å². The van der Waals surface area contributed by atoms with E-state index in [2.05, 4.69) is 20.6 Å². The summed E-state index contributed by atoms with van der Waals surface area (Å²) in [4.78, 5) is 19.6. The van der Waals surface area contributed by atoms with E-state index < -0.39 is 0 Å². The number of hydrogen-bond acceptors (Lipinski definition) is 6. The minimum atomic E-state index is -0.357. The fourth-order valence-corrected chi connectivity index (χ4v) is 3.82. The lowest BCUT2D eigenvalue weighted by Crippen LogP contribution is -2.25. The first kappa shape index (κ1) is 16.9. The summed E-state index contributed by atoms with van der Waals surface area (Å²) in [6.07, 6.45) is 14.0. The van der Waals surface area contributed by atoms with Crippen molar-refractivity contribution in [2.24, 2.45) is 0 Å². The number of nitro groups is 1. The number of rotatable bonds is 5. The van der Waals surface area contributed by atoms with Gasteiger partial charge in [0, 0.05) is 12.1 Å². The van der Waals surface area contributed by atoms with Gasteiger partial charge in [-0.1, -0.05) is 44.9 Å². The zero-order chi connectivity index (χ0) is 16.8. The van der Waals surface area contributed by atoms with Crippen LogP contribution in [0, 0.1) is 10.1 Å². The highest BCUT2D eigenvalue weighted by Gasteiger charge is 2.27. The van der Waals surface area contributed by atoms with E-state index in [4.69, 9.17) is 0 Å². The van der Waals surface area contributed by atoms with Gasteiger partial charge in [0.25, 0.3) is 0 Å². The van der Waals surface area contributed by atoms with Crippen LogP contribution in [0.2, 0.25) is 0 Å². The molecule has 24 heavy (non-hydrogen) atoms. The van der Waals surface area contributed by atoms with Crippen LogP contribution in [0.15, 0.2) is 6.33 Å². The fraction of sp³-hybridized carbons (Fsp3) is 0.765. The molecule has 0 bridgehead atoms. The zero-order valence-electron chi connectivity index (χ0n) is 14.2. The van der Waals surface area contributed by atoms with E-state index >= 15 is 0 Å². The van der Waals surface area contributed by atoms with Crippen LogP contribution in [0.5, 0.6) is 0 Å². The summed E-state index contributed by atoms with van der Waals surface area (Å²) in [5.41, 5.74) is -0.00711. The summed E-state index contributed by atoms with van der Waals surface area (Å²) >= 11 is 0. The van der Waals surface area contributed by atoms with Gasteiger partial charge in [-0.15, -0.1) is 0 Å². The fourth-order valence-electron chi connectivity index (χ4n) is 3.82. The van der Waals surface area contributed by atoms with Crippen LogP contribution in [-0.2, 0) is 0 Å². The molecule has 7 heteroatoms. The van der Waals surface area contributed by atoms with E-state index in [-0.39, 0.29) is 22.7 Å². The van der Waals surface area contributed by atoms with Crippen LogP contribution in [0.4, 0.5) is 17.3 Å². The van der Waals surface area contributed by atoms with Crippen molar-refractivity contribution in [2.45, 2.75) is 82.7 Å². The largest absolute Gasteiger partial charge is 0.361 e. The third kappa shape index (κ3) is 4.33. The molecule has 0 spiro atoms. The van der Waals surface area contributed by atoms with Gasteiger partial charge in [-0.05, 0) is 25.7 Å². The maximum absolute atomic E-state index is 11.6. The molecule has 0 saturated heterocycles. The average Bonchev–Trinajstić information content (AvgIpc) is 2.84. The molecule has 1 aromatic heterocycles. The van der Waals surface area contributed by atoms with Crippen molar-refractivity contribution in [1.82, 2.24) is 9.97 Å². The second-order valence-corrected chi connectivity index (χ2v) is 6.99. The molecule has 0 aliphatic heterocycles. The lowest BCUT2D eigenvalue weighted by molar-refractivity contribution is -0.383. The maximum Gasteiger partial charge on any atom is 0.353 e. The summed E-state index contributed by atoms with van der Waals surface area (Å²) in [6, 6.07) is 0.543. The smallest absolute Gasteiger partial charge is 0.353 e. The highest BCUT2D eigenvalue weighted by Crippen LogP contribution is 2.33. The van der Waals surface area contributed by atoms with E-state index in [1.165, 1.54) is 51.3 Å². The topological polar surface area (TPSA) is 93.0 Å². The molecule has 0 radical (unpaired) electrons. The Balaban J connectivity index is 1.77. The first-order valence-corrected chi connectivity index (χ1v) is 9.26. The second kappa shape index (κ2) is 8.26. The quantitative estimate of drug-likeness (QED) is 0.475. The monoisotopic (exact) mass is 333 g/mol. The number of nitrogens with one attached hydrogen (secondary N) is 2. The van der Waals surface area contributed by atoms with Crippen molar-refractivity contribution < 1.29 is 4.92 Å². The predicted molar refractivity (Wildman–Crippen MR) is 94.3 cm³/mol. The highest BCUT2D eigenvalue weighted by molar-refractivity contribution is 5.69. The number of hydrogen-bond donors (Lipinski definition) is 2. The Morgan fingerprint density at radius 3 is 1.67 bits per heavy atom. The normalized spacial score (nSPS) is 20.3. The standard InChI is InChI=1S/C17H27N5O2/c23-22(24)15-16(20-13-8-4-1-2-5-9-13)18-12-19-17(15)21-14-10-6-3-7-11-14/h12-14H,1-11H2,(H2,18,19,20,21). The number of aromatic nitrogens is 2. The molecule has 132 valence electrons. The number of anilines is 2. The Bertz CT molecular complexity index is 552. The van der Waals surface area contributed by atoms with Gasteiger partial charge in [-0.25, -0.2) is 9.97 Å². The molecule has 2 fully saturated rings. The molecule has 0 atom stereocenters. The summed E-state index contributed by atoms with van der Waals surface area (Å²) in [5, 5.41) is 18.2. The summed E-state index contributed by atoms with van der Waals surface area (Å²) in [5.74, 6) is 0.721. The summed E-state index contributed by atoms with van der Waals surface area (Å²) < 4.78 is 0. The van der Waals surface area contributed by atoms with E-state index in [1.807, 2.05) is 0 Å². The average molecular weight is 333 g/mol. The third-order valence-corrected chi connectivity index (χ3v) is 5.15. The molecule has 1 aromatic rings. The van der Waals surface area contributed by atoms with E-state index in [1.54, 1.807) is 0 Å². The summed E-state index contributed by atoms with van der Waals surface area (Å²) in [7, 11) is 0. The Morgan fingerprint density at radius 2 is 1.25 bits per heavy atom. The van der Waals surface area contributed by atoms with Gasteiger partial charge in [0.05, 0.1) is 4.92 Å². The van der Waals surface area contributed by atoms with Crippen LogP contribution in [0.3, 0.4) is 0 Å². The Morgan fingerprint density at radius 1 is 0.833 bits per heavy atom. The lowest BCUT2D eigenvalue weighted by atomic mass is 9.95. The van der Waals surface area contributed by atoms with Gasteiger partial charge < -0.3 is 10.6 Å². The van der Waals surface area contributed by atoms with Crippen molar-refractivity contribution in [3.05, 3.63) is 16.4 Å². The molecule has 0 aromatic carbocycles. The SMILES string of the molecule is O=[N+]([O-])c1c(NC2CCCCCC2)ncnc1NC1CCCCC1. The van der Waals surface area contributed by atoms with Crippen molar-refractivity contribution in [1.29, 1.82) is 0 Å². The van der Waals surface area contributed by atoms with E-state index in [0.717, 1.165) is 25.7 Å². The van der Waals surface area contributed by atoms with Gasteiger partial charge in [-0.2, -0.15) is 0 Å². The van der Waals surface area contributed by atoms with Gasteiger partial charge in [0.1, 0.15) is 6.33 Å². The van der Waals surface area contributed by atoms with Crippen LogP contribution in [0.1, 0.15) is 70.6 Å². The van der Waals surface area contributed by atoms with Crippen molar-refractivity contribution in [3.63, 3.8) is 0 Å². The molecular weight excluding hydrogens is 306 g/mol. The minimum Gasteiger partial charge on any atom is -0.361 e. The Labute approximate surface area is 142 Å². The predicted octanol–water partition coefficient (Wildman–Crippen LogP) is 4.26. The Kier molecular flexibility index (Phi) is 5.82. The lowest BCUT2D eigenvalue weighted by Gasteiger charge is -2.23. The molecule has 2 aliphatic rings. The van der Waals surface area contributed by atoms with Crippen LogP contribution >= 0.6 is 0 Å². The molecular formula is C17H27N5O2. The first-order valence-electron chi connectivity index (χ1n) is 9.26. The van der Waals surface area contributed by atoms with Crippen LogP contribution in [-0.4, -0.2) is 27.0 Å². The van der Waals surface area contributed by atoms with Gasteiger partial charge in [0.2, 0.25) is 11.6 Å². The Hall–Kier alpha value is -1.92. The third-order valence-electron chi connectivity index (χ3n) is 5.15. The van der Waals surface area contributed by atoms with Gasteiger partial charge in [0.15, 0.2) is 0 Å². The van der Waals surface area contributed by atoms with Crippen LogP contribution < -0.4 is 10.6 Å². The molecule has 7 nitrogen and oxygen atoms in total. The van der Waals surface area contributed by atoms with Crippen molar-refractivity contribution >= 4 is 17.3 Å². The van der Waals surface area contributed by atoms with Gasteiger partial charge >= 0.3 is 5.69 Å². The molecule has 2 aliphatic carbocycles. The second-order valence-electron chi connectivity index (χ2n) is 6.99. The summed E-state index contributed by atoms with van der Waals surface area (Å²) in [6.45, 7) is 0. The highest BCUT2D eigenvalue weighted by atomic mass is 16.6. The minimum absolute atomic E-state index is 0.00711. The van der Waals surface area contributed by atoms with E-state index in [0.29, 0.717) is 11.6 Å². The van der Waals surface area contributed by atoms with Crippen LogP contribution in [0.25, 0.3) is 0 Å². The molecule has 2 saturated carbocycles. The zero-order valence-corrected chi connectivity index (χ0v) is 14.2. The molecule has 0 amide bonds. The maximum atomic E-state index is 11.6. The molecule has 0 unspecified atom stereocenters. The van der Waals surface area contributed by atoms with E-state index in [9.17, 15) is 10.1 Å². The van der Waals surface area contributed by atoms with Gasteiger partial charge in [-0.3, -0.25) is 10.1 Å². The molecule has 1 heterocycles. The molecule has 3 rings (SSSR count). The number of nitrogens with zero attached hydrogens (tertiary/aromatic N) is 3. The van der Waals surface area contributed by atoms with Crippen molar-refractivity contribution in [2.75, 3.05) is 10.6 Å². The molecule has 2 N–H and O–H groups in total. The first-order chi connectivity index (χ1) is 11.7.